The average Bonchev–Trinajstić information content (AvgIpc) is 2.68. The van der Waals surface area contributed by atoms with E-state index in [1.807, 2.05) is 12.1 Å². The molecule has 1 aliphatic carbocycles. The lowest BCUT2D eigenvalue weighted by Crippen LogP contribution is -2.45. The van der Waals surface area contributed by atoms with E-state index in [4.69, 9.17) is 14.2 Å². The highest BCUT2D eigenvalue weighted by molar-refractivity contribution is 5.80. The molecule has 6 heteroatoms. The Morgan fingerprint density at radius 1 is 1.11 bits per heavy atom. The number of amides is 1. The number of hydrogen-bond donors (Lipinski definition) is 1. The van der Waals surface area contributed by atoms with Gasteiger partial charge in [-0.3, -0.25) is 9.59 Å². The van der Waals surface area contributed by atoms with Crippen LogP contribution in [0.4, 0.5) is 0 Å². The molecule has 0 heterocycles. The number of aryl methyl sites for hydroxylation is 1. The summed E-state index contributed by atoms with van der Waals surface area (Å²) in [6, 6.07) is 5.70. The van der Waals surface area contributed by atoms with Crippen molar-refractivity contribution in [3.05, 3.63) is 23.8 Å². The van der Waals surface area contributed by atoms with Crippen LogP contribution in [-0.4, -0.2) is 38.7 Å². The van der Waals surface area contributed by atoms with Crippen molar-refractivity contribution in [2.45, 2.75) is 52.0 Å². The molecule has 0 unspecified atom stereocenters. The molecule has 150 valence electrons. The van der Waals surface area contributed by atoms with Crippen LogP contribution in [0.2, 0.25) is 0 Å². The average molecular weight is 377 g/mol. The second kappa shape index (κ2) is 10.2. The molecule has 0 saturated heterocycles. The van der Waals surface area contributed by atoms with Crippen molar-refractivity contribution in [1.82, 2.24) is 5.32 Å². The highest BCUT2D eigenvalue weighted by Crippen LogP contribution is 2.29. The van der Waals surface area contributed by atoms with Gasteiger partial charge in [-0.25, -0.2) is 0 Å². The van der Waals surface area contributed by atoms with E-state index in [2.05, 4.69) is 19.2 Å². The van der Waals surface area contributed by atoms with Crippen LogP contribution in [0.5, 0.6) is 11.5 Å². The second-order valence-electron chi connectivity index (χ2n) is 7.29. The molecule has 0 spiro atoms. The Hall–Kier alpha value is -2.24. The molecule has 1 aromatic carbocycles. The summed E-state index contributed by atoms with van der Waals surface area (Å²) in [6.07, 6.45) is 4.04. The monoisotopic (exact) mass is 377 g/mol. The first-order valence-electron chi connectivity index (χ1n) is 9.60. The Morgan fingerprint density at radius 2 is 1.85 bits per heavy atom. The van der Waals surface area contributed by atoms with Crippen molar-refractivity contribution in [3.8, 4) is 11.5 Å². The van der Waals surface area contributed by atoms with Crippen molar-refractivity contribution >= 4 is 11.9 Å². The van der Waals surface area contributed by atoms with E-state index >= 15 is 0 Å². The fraction of sp³-hybridized carbons (Fsp3) is 0.619. The maximum atomic E-state index is 12.1. The Kier molecular flexibility index (Phi) is 7.95. The first-order valence-corrected chi connectivity index (χ1v) is 9.60. The van der Waals surface area contributed by atoms with Gasteiger partial charge in [0, 0.05) is 12.5 Å². The lowest BCUT2D eigenvalue weighted by atomic mass is 9.78. The minimum atomic E-state index is -0.384. The van der Waals surface area contributed by atoms with Gasteiger partial charge in [0.15, 0.2) is 18.1 Å². The lowest BCUT2D eigenvalue weighted by molar-refractivity contribution is -0.148. The third-order valence-corrected chi connectivity index (χ3v) is 5.48. The highest BCUT2D eigenvalue weighted by Gasteiger charge is 2.28. The smallest absolute Gasteiger partial charge is 0.306 e. The predicted molar refractivity (Wildman–Crippen MR) is 103 cm³/mol. The highest BCUT2D eigenvalue weighted by atomic mass is 16.5. The van der Waals surface area contributed by atoms with Crippen molar-refractivity contribution in [1.29, 1.82) is 0 Å². The molecule has 3 atom stereocenters. The van der Waals surface area contributed by atoms with Gasteiger partial charge in [-0.2, -0.15) is 0 Å². The summed E-state index contributed by atoms with van der Waals surface area (Å²) < 4.78 is 15.6. The Bertz CT molecular complexity index is 645. The van der Waals surface area contributed by atoms with E-state index in [9.17, 15) is 9.59 Å². The number of hydrogen-bond acceptors (Lipinski definition) is 5. The Balaban J connectivity index is 1.73. The van der Waals surface area contributed by atoms with Crippen LogP contribution in [0.25, 0.3) is 0 Å². The van der Waals surface area contributed by atoms with E-state index in [-0.39, 0.29) is 30.9 Å². The minimum Gasteiger partial charge on any atom is -0.493 e. The van der Waals surface area contributed by atoms with Gasteiger partial charge in [0.25, 0.3) is 5.91 Å². The summed E-state index contributed by atoms with van der Waals surface area (Å²) in [7, 11) is 3.15. The van der Waals surface area contributed by atoms with Crippen LogP contribution >= 0.6 is 0 Å². The lowest BCUT2D eigenvalue weighted by Gasteiger charge is -2.34. The molecule has 2 rings (SSSR count). The SMILES string of the molecule is COc1ccc(CCC(=O)OCC(=O)N[C@@H]2CCC[C@@H](C)[C@H]2C)cc1OC. The Morgan fingerprint density at radius 3 is 2.56 bits per heavy atom. The zero-order valence-corrected chi connectivity index (χ0v) is 16.7. The van der Waals surface area contributed by atoms with Gasteiger partial charge in [0.1, 0.15) is 0 Å². The third-order valence-electron chi connectivity index (χ3n) is 5.48. The first-order chi connectivity index (χ1) is 12.9. The van der Waals surface area contributed by atoms with Crippen LogP contribution in [0, 0.1) is 11.8 Å². The van der Waals surface area contributed by atoms with Gasteiger partial charge in [0.2, 0.25) is 0 Å². The third kappa shape index (κ3) is 6.15. The number of nitrogens with one attached hydrogen (secondary N) is 1. The zero-order valence-electron chi connectivity index (χ0n) is 16.7. The molecule has 27 heavy (non-hydrogen) atoms. The van der Waals surface area contributed by atoms with Gasteiger partial charge >= 0.3 is 5.97 Å². The molecule has 1 saturated carbocycles. The largest absolute Gasteiger partial charge is 0.493 e. The minimum absolute atomic E-state index is 0.173. The van der Waals surface area contributed by atoms with Crippen LogP contribution in [0.15, 0.2) is 18.2 Å². The Labute approximate surface area is 161 Å². The first kappa shape index (κ1) is 21.1. The van der Waals surface area contributed by atoms with Crippen LogP contribution in [0.3, 0.4) is 0 Å². The molecule has 1 N–H and O–H groups in total. The second-order valence-corrected chi connectivity index (χ2v) is 7.29. The van der Waals surface area contributed by atoms with Gasteiger partial charge in [-0.1, -0.05) is 32.8 Å². The zero-order chi connectivity index (χ0) is 19.8. The molecule has 1 aliphatic rings. The van der Waals surface area contributed by atoms with E-state index in [0.717, 1.165) is 18.4 Å². The molecule has 6 nitrogen and oxygen atoms in total. The molecule has 1 amide bonds. The summed E-state index contributed by atoms with van der Waals surface area (Å²) in [5.74, 6) is 1.72. The molecular weight excluding hydrogens is 346 g/mol. The molecule has 0 bridgehead atoms. The van der Waals surface area contributed by atoms with Crippen molar-refractivity contribution in [3.63, 3.8) is 0 Å². The number of ether oxygens (including phenoxy) is 3. The molecule has 1 aromatic rings. The van der Waals surface area contributed by atoms with E-state index in [1.165, 1.54) is 6.42 Å². The topological polar surface area (TPSA) is 73.9 Å². The summed E-state index contributed by atoms with van der Waals surface area (Å²) in [4.78, 5) is 24.0. The van der Waals surface area contributed by atoms with Crippen LogP contribution in [0.1, 0.15) is 45.1 Å². The van der Waals surface area contributed by atoms with Crippen molar-refractivity contribution in [2.24, 2.45) is 11.8 Å². The van der Waals surface area contributed by atoms with Crippen molar-refractivity contribution < 1.29 is 23.8 Å². The van der Waals surface area contributed by atoms with Crippen molar-refractivity contribution in [2.75, 3.05) is 20.8 Å². The summed E-state index contributed by atoms with van der Waals surface area (Å²) >= 11 is 0. The van der Waals surface area contributed by atoms with E-state index in [1.54, 1.807) is 20.3 Å². The van der Waals surface area contributed by atoms with Gasteiger partial charge < -0.3 is 19.5 Å². The normalized spacial score (nSPS) is 22.0. The summed E-state index contributed by atoms with van der Waals surface area (Å²) in [6.45, 7) is 4.17. The van der Waals surface area contributed by atoms with E-state index in [0.29, 0.717) is 29.8 Å². The number of esters is 1. The molecular formula is C21H31NO5. The molecule has 0 radical (unpaired) electrons. The number of benzene rings is 1. The number of rotatable bonds is 8. The van der Waals surface area contributed by atoms with Crippen LogP contribution < -0.4 is 14.8 Å². The van der Waals surface area contributed by atoms with Gasteiger partial charge in [0.05, 0.1) is 14.2 Å². The maximum absolute atomic E-state index is 12.1. The summed E-state index contributed by atoms with van der Waals surface area (Å²) in [5.41, 5.74) is 0.944. The fourth-order valence-corrected chi connectivity index (χ4v) is 3.53. The predicted octanol–water partition coefficient (Wildman–Crippen LogP) is 3.12. The van der Waals surface area contributed by atoms with E-state index < -0.39 is 0 Å². The quantitative estimate of drug-likeness (QED) is 0.705. The number of methoxy groups -OCH3 is 2. The molecule has 0 aliphatic heterocycles. The van der Waals surface area contributed by atoms with Gasteiger partial charge in [-0.05, 0) is 42.4 Å². The van der Waals surface area contributed by atoms with Crippen LogP contribution in [-0.2, 0) is 20.7 Å². The molecule has 1 fully saturated rings. The maximum Gasteiger partial charge on any atom is 0.306 e. The summed E-state index contributed by atoms with van der Waals surface area (Å²) in [5, 5.41) is 3.01. The van der Waals surface area contributed by atoms with Gasteiger partial charge in [-0.15, -0.1) is 0 Å². The fourth-order valence-electron chi connectivity index (χ4n) is 3.53. The number of carbonyl (C=O) groups excluding carboxylic acids is 2. The molecule has 0 aromatic heterocycles. The standard InChI is InChI=1S/C21H31NO5/c1-14-6-5-7-17(15(14)2)22-20(23)13-27-21(24)11-9-16-8-10-18(25-3)19(12-16)26-4/h8,10,12,14-15,17H,5-7,9,11,13H2,1-4H3,(H,22,23)/t14-,15-,17-/m1/s1. The number of carbonyl (C=O) groups is 2.